The third-order valence-electron chi connectivity index (χ3n) is 2.16. The summed E-state index contributed by atoms with van der Waals surface area (Å²) in [4.78, 5) is 21.4. The Bertz CT molecular complexity index is 534. The minimum absolute atomic E-state index is 0.382. The lowest BCUT2D eigenvalue weighted by Gasteiger charge is -2.00. The molecular formula is C11H9NO3. The van der Waals surface area contributed by atoms with E-state index in [9.17, 15) is 9.59 Å². The number of benzene rings is 1. The summed E-state index contributed by atoms with van der Waals surface area (Å²) in [5, 5.41) is 0. The first-order valence-corrected chi connectivity index (χ1v) is 4.43. The highest BCUT2D eigenvalue weighted by Gasteiger charge is 2.05. The zero-order valence-electron chi connectivity index (χ0n) is 8.14. The Morgan fingerprint density at radius 1 is 1.27 bits per heavy atom. The molecule has 0 aliphatic heterocycles. The van der Waals surface area contributed by atoms with Gasteiger partial charge in [0, 0.05) is 18.2 Å². The van der Waals surface area contributed by atoms with Crippen LogP contribution in [0.5, 0.6) is 0 Å². The van der Waals surface area contributed by atoms with Crippen LogP contribution in [0.25, 0.3) is 11.3 Å². The van der Waals surface area contributed by atoms with Crippen LogP contribution < -0.4 is 5.63 Å². The van der Waals surface area contributed by atoms with Gasteiger partial charge in [-0.25, -0.2) is 9.53 Å². The van der Waals surface area contributed by atoms with Gasteiger partial charge >= 0.3 is 5.63 Å². The number of carbonyl (C=O) groups excluding carboxylic acids is 1. The van der Waals surface area contributed by atoms with Gasteiger partial charge in [-0.1, -0.05) is 24.3 Å². The summed E-state index contributed by atoms with van der Waals surface area (Å²) in [5.41, 5.74) is 1.76. The van der Waals surface area contributed by atoms with Crippen LogP contribution in [0.15, 0.2) is 39.6 Å². The van der Waals surface area contributed by atoms with Gasteiger partial charge in [0.05, 0.1) is 11.8 Å². The molecule has 0 N–H and O–H groups in total. The zero-order chi connectivity index (χ0) is 10.8. The lowest BCUT2D eigenvalue weighted by Crippen LogP contribution is -1.90. The van der Waals surface area contributed by atoms with Crippen LogP contribution in [0, 0.1) is 0 Å². The van der Waals surface area contributed by atoms with Crippen molar-refractivity contribution in [1.29, 1.82) is 0 Å². The van der Waals surface area contributed by atoms with E-state index in [1.54, 1.807) is 31.3 Å². The van der Waals surface area contributed by atoms with Crippen LogP contribution in [0.4, 0.5) is 0 Å². The van der Waals surface area contributed by atoms with Crippen molar-refractivity contribution >= 4 is 6.29 Å². The van der Waals surface area contributed by atoms with E-state index in [0.29, 0.717) is 11.3 Å². The molecule has 4 nitrogen and oxygen atoms in total. The highest BCUT2D eigenvalue weighted by Crippen LogP contribution is 2.17. The van der Waals surface area contributed by atoms with Gasteiger partial charge in [0.1, 0.15) is 6.29 Å². The summed E-state index contributed by atoms with van der Waals surface area (Å²) < 4.78 is 6.22. The molecule has 15 heavy (non-hydrogen) atoms. The fourth-order valence-corrected chi connectivity index (χ4v) is 1.41. The topological polar surface area (TPSA) is 52.2 Å². The molecule has 0 spiro atoms. The van der Waals surface area contributed by atoms with Crippen LogP contribution in [0.1, 0.15) is 10.4 Å². The Kier molecular flexibility index (Phi) is 2.25. The summed E-state index contributed by atoms with van der Waals surface area (Å²) >= 11 is 0. The monoisotopic (exact) mass is 203 g/mol. The van der Waals surface area contributed by atoms with Gasteiger partial charge in [0.15, 0.2) is 0 Å². The molecule has 0 aliphatic rings. The quantitative estimate of drug-likeness (QED) is 0.694. The number of carbonyl (C=O) groups is 1. The molecule has 0 fully saturated rings. The first-order valence-electron chi connectivity index (χ1n) is 4.43. The Balaban J connectivity index is 2.49. The molecular weight excluding hydrogens is 194 g/mol. The summed E-state index contributed by atoms with van der Waals surface area (Å²) in [7, 11) is 1.66. The van der Waals surface area contributed by atoms with E-state index in [1.807, 2.05) is 0 Å². The third-order valence-corrected chi connectivity index (χ3v) is 2.16. The number of nitrogens with zero attached hydrogens (tertiary/aromatic N) is 1. The highest BCUT2D eigenvalue weighted by molar-refractivity contribution is 5.76. The minimum Gasteiger partial charge on any atom is -0.336 e. The van der Waals surface area contributed by atoms with Crippen LogP contribution in [0.2, 0.25) is 0 Å². The van der Waals surface area contributed by atoms with Crippen LogP contribution in [-0.4, -0.2) is 11.0 Å². The fraction of sp³-hybridized carbons (Fsp3) is 0.0909. The van der Waals surface area contributed by atoms with Crippen LogP contribution in [0.3, 0.4) is 0 Å². The van der Waals surface area contributed by atoms with Crippen molar-refractivity contribution in [2.45, 2.75) is 0 Å². The molecule has 1 aromatic carbocycles. The fourth-order valence-electron chi connectivity index (χ4n) is 1.41. The van der Waals surface area contributed by atoms with Crippen molar-refractivity contribution in [1.82, 2.24) is 4.74 Å². The van der Waals surface area contributed by atoms with Gasteiger partial charge in [-0.3, -0.25) is 4.79 Å². The van der Waals surface area contributed by atoms with Gasteiger partial charge in [0.2, 0.25) is 0 Å². The maximum atomic E-state index is 11.0. The summed E-state index contributed by atoms with van der Waals surface area (Å²) in [6.45, 7) is 0. The van der Waals surface area contributed by atoms with Crippen molar-refractivity contribution in [3.05, 3.63) is 46.3 Å². The molecule has 0 atom stereocenters. The Morgan fingerprint density at radius 3 is 2.40 bits per heavy atom. The second-order valence-corrected chi connectivity index (χ2v) is 3.18. The average Bonchev–Trinajstić information content (AvgIpc) is 2.58. The van der Waals surface area contributed by atoms with E-state index in [1.165, 1.54) is 10.8 Å². The van der Waals surface area contributed by atoms with Gasteiger partial charge < -0.3 is 4.52 Å². The summed E-state index contributed by atoms with van der Waals surface area (Å²) in [6.07, 6.45) is 0.776. The standard InChI is InChI=1S/C11H9NO3/c1-12-10(6-11(14)15-12)9-4-2-8(7-13)3-5-9/h2-7H,1H3. The predicted molar refractivity (Wildman–Crippen MR) is 54.8 cm³/mol. The third kappa shape index (κ3) is 1.74. The minimum atomic E-state index is -0.382. The SMILES string of the molecule is Cn1oc(=O)cc1-c1ccc(C=O)cc1. The number of aromatic nitrogens is 1. The molecule has 0 saturated heterocycles. The van der Waals surface area contributed by atoms with Gasteiger partial charge in [-0.05, 0) is 0 Å². The predicted octanol–water partition coefficient (Wildman–Crippen LogP) is 1.46. The van der Waals surface area contributed by atoms with E-state index in [2.05, 4.69) is 0 Å². The second-order valence-electron chi connectivity index (χ2n) is 3.18. The summed E-state index contributed by atoms with van der Waals surface area (Å²) in [6, 6.07) is 8.34. The smallest absolute Gasteiger partial charge is 0.336 e. The number of hydrogen-bond acceptors (Lipinski definition) is 3. The molecule has 0 aliphatic carbocycles. The first-order chi connectivity index (χ1) is 7.20. The maximum absolute atomic E-state index is 11.0. The number of aryl methyl sites for hydroxylation is 1. The van der Waals surface area contributed by atoms with E-state index in [0.717, 1.165) is 11.8 Å². The lowest BCUT2D eigenvalue weighted by atomic mass is 10.1. The molecule has 1 heterocycles. The van der Waals surface area contributed by atoms with Crippen molar-refractivity contribution < 1.29 is 9.32 Å². The number of hydrogen-bond donors (Lipinski definition) is 0. The van der Waals surface area contributed by atoms with E-state index in [4.69, 9.17) is 4.52 Å². The molecule has 0 amide bonds. The normalized spacial score (nSPS) is 10.2. The number of aldehydes is 1. The lowest BCUT2D eigenvalue weighted by molar-refractivity contribution is 0.112. The van der Waals surface area contributed by atoms with Crippen LogP contribution >= 0.6 is 0 Å². The Morgan fingerprint density at radius 2 is 1.93 bits per heavy atom. The highest BCUT2D eigenvalue weighted by atomic mass is 16.5. The van der Waals surface area contributed by atoms with Gasteiger partial charge in [-0.15, -0.1) is 0 Å². The first kappa shape index (κ1) is 9.45. The van der Waals surface area contributed by atoms with E-state index < -0.39 is 0 Å². The van der Waals surface area contributed by atoms with Crippen molar-refractivity contribution in [2.75, 3.05) is 0 Å². The average molecular weight is 203 g/mol. The van der Waals surface area contributed by atoms with Crippen molar-refractivity contribution in [2.24, 2.45) is 7.05 Å². The van der Waals surface area contributed by atoms with Crippen molar-refractivity contribution in [3.63, 3.8) is 0 Å². The zero-order valence-corrected chi connectivity index (χ0v) is 8.14. The molecule has 0 radical (unpaired) electrons. The van der Waals surface area contributed by atoms with Gasteiger partial charge in [-0.2, -0.15) is 0 Å². The summed E-state index contributed by atoms with van der Waals surface area (Å²) in [5.74, 6) is 0. The molecule has 0 unspecified atom stereocenters. The van der Waals surface area contributed by atoms with Crippen molar-refractivity contribution in [3.8, 4) is 11.3 Å². The molecule has 76 valence electrons. The Labute approximate surface area is 85.7 Å². The molecule has 4 heteroatoms. The van der Waals surface area contributed by atoms with E-state index >= 15 is 0 Å². The second kappa shape index (κ2) is 3.57. The molecule has 0 saturated carbocycles. The maximum Gasteiger partial charge on any atom is 0.358 e. The molecule has 2 rings (SSSR count). The number of rotatable bonds is 2. The largest absolute Gasteiger partial charge is 0.358 e. The molecule has 2 aromatic rings. The van der Waals surface area contributed by atoms with E-state index in [-0.39, 0.29) is 5.63 Å². The van der Waals surface area contributed by atoms with Gasteiger partial charge in [0.25, 0.3) is 0 Å². The molecule has 0 bridgehead atoms. The Hall–Kier alpha value is -2.10. The molecule has 1 aromatic heterocycles. The van der Waals surface area contributed by atoms with Crippen LogP contribution in [-0.2, 0) is 7.05 Å².